The second-order valence-electron chi connectivity index (χ2n) is 6.52. The lowest BCUT2D eigenvalue weighted by Gasteiger charge is -2.32. The van der Waals surface area contributed by atoms with E-state index in [-0.39, 0.29) is 12.0 Å². The summed E-state index contributed by atoms with van der Waals surface area (Å²) in [4.78, 5) is 14.6. The van der Waals surface area contributed by atoms with Crippen molar-refractivity contribution >= 4 is 11.6 Å². The van der Waals surface area contributed by atoms with E-state index in [1.807, 2.05) is 49.1 Å². The van der Waals surface area contributed by atoms with Gasteiger partial charge in [0.1, 0.15) is 0 Å². The molecule has 1 unspecified atom stereocenters. The van der Waals surface area contributed by atoms with Crippen molar-refractivity contribution in [3.8, 4) is 0 Å². The van der Waals surface area contributed by atoms with E-state index in [0.717, 1.165) is 29.9 Å². The number of ether oxygens (including phenoxy) is 1. The van der Waals surface area contributed by atoms with Crippen molar-refractivity contribution in [1.29, 1.82) is 0 Å². The second-order valence-corrected chi connectivity index (χ2v) is 6.52. The summed E-state index contributed by atoms with van der Waals surface area (Å²) >= 11 is 0. The van der Waals surface area contributed by atoms with Gasteiger partial charge in [-0.1, -0.05) is 12.1 Å². The largest absolute Gasteiger partial charge is 0.371 e. The number of morpholine rings is 1. The van der Waals surface area contributed by atoms with Gasteiger partial charge in [0.15, 0.2) is 0 Å². The molecule has 1 aromatic heterocycles. The highest BCUT2D eigenvalue weighted by molar-refractivity contribution is 5.93. The lowest BCUT2D eigenvalue weighted by molar-refractivity contribution is -0.119. The summed E-state index contributed by atoms with van der Waals surface area (Å²) in [6.07, 6.45) is 3.85. The van der Waals surface area contributed by atoms with Gasteiger partial charge in [0.05, 0.1) is 25.5 Å². The van der Waals surface area contributed by atoms with E-state index in [9.17, 15) is 4.79 Å². The fourth-order valence-electron chi connectivity index (χ4n) is 3.05. The van der Waals surface area contributed by atoms with Crippen LogP contribution in [0.5, 0.6) is 0 Å². The molecule has 1 saturated heterocycles. The highest BCUT2D eigenvalue weighted by atomic mass is 16.5. The van der Waals surface area contributed by atoms with Gasteiger partial charge in [-0.15, -0.1) is 0 Å². The molecule has 1 amide bonds. The van der Waals surface area contributed by atoms with E-state index in [2.05, 4.69) is 22.2 Å². The fraction of sp³-hybridized carbons (Fsp3) is 0.474. The summed E-state index contributed by atoms with van der Waals surface area (Å²) in [6.45, 7) is 9.44. The molecule has 1 aliphatic heterocycles. The molecule has 3 rings (SSSR count). The zero-order chi connectivity index (χ0) is 17.8. The van der Waals surface area contributed by atoms with Crippen LogP contribution < -0.4 is 5.32 Å². The molecule has 0 aliphatic carbocycles. The normalized spacial score (nSPS) is 18.3. The first-order valence-corrected chi connectivity index (χ1v) is 8.79. The number of hydrogen-bond donors (Lipinski definition) is 1. The van der Waals surface area contributed by atoms with Gasteiger partial charge in [-0.05, 0) is 38.0 Å². The molecule has 134 valence electrons. The molecule has 25 heavy (non-hydrogen) atoms. The van der Waals surface area contributed by atoms with Crippen LogP contribution in [0.25, 0.3) is 0 Å². The minimum absolute atomic E-state index is 0.0126. The first-order chi connectivity index (χ1) is 12.1. The zero-order valence-corrected chi connectivity index (χ0v) is 15.2. The summed E-state index contributed by atoms with van der Waals surface area (Å²) in [5.74, 6) is 0.0126. The van der Waals surface area contributed by atoms with E-state index in [1.165, 1.54) is 5.56 Å². The van der Waals surface area contributed by atoms with Crippen LogP contribution >= 0.6 is 0 Å². The van der Waals surface area contributed by atoms with Gasteiger partial charge in [0.2, 0.25) is 5.91 Å². The maximum atomic E-state index is 12.4. The van der Waals surface area contributed by atoms with Gasteiger partial charge in [0.25, 0.3) is 0 Å². The topological polar surface area (TPSA) is 59.4 Å². The fourth-order valence-corrected chi connectivity index (χ4v) is 3.05. The molecule has 1 atom stereocenters. The van der Waals surface area contributed by atoms with Crippen molar-refractivity contribution in [3.63, 3.8) is 0 Å². The number of benzene rings is 1. The summed E-state index contributed by atoms with van der Waals surface area (Å²) in [7, 11) is 0. The number of aromatic nitrogens is 2. The molecule has 0 spiro atoms. The van der Waals surface area contributed by atoms with Crippen LogP contribution in [0.15, 0.2) is 30.6 Å². The molecular weight excluding hydrogens is 316 g/mol. The molecule has 0 saturated carbocycles. The first kappa shape index (κ1) is 17.6. The Morgan fingerprint density at radius 3 is 3.00 bits per heavy atom. The number of amides is 1. The standard InChI is InChI=1S/C19H26N4O2/c1-4-23-11-16(10-20-23)18-12-22(8-9-25-18)13-19(24)21-17-7-5-6-14(2)15(17)3/h5-7,10-11,18H,4,8-9,12-13H2,1-3H3,(H,21,24). The average molecular weight is 342 g/mol. The Labute approximate surface area is 148 Å². The second kappa shape index (κ2) is 7.80. The van der Waals surface area contributed by atoms with Crippen LogP contribution in [0, 0.1) is 13.8 Å². The molecule has 6 heteroatoms. The van der Waals surface area contributed by atoms with Gasteiger partial charge in [-0.25, -0.2) is 0 Å². The molecule has 1 aliphatic rings. The van der Waals surface area contributed by atoms with Crippen LogP contribution in [-0.2, 0) is 16.1 Å². The highest BCUT2D eigenvalue weighted by Gasteiger charge is 2.24. The molecule has 1 fully saturated rings. The van der Waals surface area contributed by atoms with Crippen molar-refractivity contribution in [2.45, 2.75) is 33.4 Å². The minimum atomic E-state index is -0.0254. The Hall–Kier alpha value is -2.18. The Morgan fingerprint density at radius 1 is 1.40 bits per heavy atom. The van der Waals surface area contributed by atoms with E-state index in [0.29, 0.717) is 19.7 Å². The molecular formula is C19H26N4O2. The Morgan fingerprint density at radius 2 is 2.24 bits per heavy atom. The van der Waals surface area contributed by atoms with Crippen LogP contribution in [0.2, 0.25) is 0 Å². The number of nitrogens with zero attached hydrogens (tertiary/aromatic N) is 3. The molecule has 6 nitrogen and oxygen atoms in total. The van der Waals surface area contributed by atoms with Crippen LogP contribution in [0.3, 0.4) is 0 Å². The van der Waals surface area contributed by atoms with Gasteiger partial charge in [-0.2, -0.15) is 5.10 Å². The maximum Gasteiger partial charge on any atom is 0.238 e. The van der Waals surface area contributed by atoms with Crippen molar-refractivity contribution in [3.05, 3.63) is 47.3 Å². The van der Waals surface area contributed by atoms with Crippen molar-refractivity contribution in [1.82, 2.24) is 14.7 Å². The molecule has 1 N–H and O–H groups in total. The first-order valence-electron chi connectivity index (χ1n) is 8.79. The monoisotopic (exact) mass is 342 g/mol. The van der Waals surface area contributed by atoms with Gasteiger partial charge in [-0.3, -0.25) is 14.4 Å². The smallest absolute Gasteiger partial charge is 0.238 e. The molecule has 1 aromatic carbocycles. The Bertz CT molecular complexity index is 741. The minimum Gasteiger partial charge on any atom is -0.371 e. The van der Waals surface area contributed by atoms with E-state index >= 15 is 0 Å². The van der Waals surface area contributed by atoms with Gasteiger partial charge >= 0.3 is 0 Å². The van der Waals surface area contributed by atoms with Crippen molar-refractivity contribution < 1.29 is 9.53 Å². The SMILES string of the molecule is CCn1cc(C2CN(CC(=O)Nc3cccc(C)c3C)CCO2)cn1. The van der Waals surface area contributed by atoms with E-state index < -0.39 is 0 Å². The molecule has 2 heterocycles. The number of aryl methyl sites for hydroxylation is 2. The third-order valence-electron chi connectivity index (χ3n) is 4.75. The summed E-state index contributed by atoms with van der Waals surface area (Å²) in [5, 5.41) is 7.34. The van der Waals surface area contributed by atoms with Crippen molar-refractivity contribution in [2.75, 3.05) is 31.6 Å². The number of carbonyl (C=O) groups is 1. The van der Waals surface area contributed by atoms with E-state index in [4.69, 9.17) is 4.74 Å². The van der Waals surface area contributed by atoms with Crippen molar-refractivity contribution in [2.24, 2.45) is 0 Å². The number of rotatable bonds is 5. The van der Waals surface area contributed by atoms with Gasteiger partial charge < -0.3 is 10.1 Å². The Balaban J connectivity index is 1.58. The predicted octanol–water partition coefficient (Wildman–Crippen LogP) is 2.53. The quantitative estimate of drug-likeness (QED) is 0.907. The molecule has 0 radical (unpaired) electrons. The number of anilines is 1. The third-order valence-corrected chi connectivity index (χ3v) is 4.75. The van der Waals surface area contributed by atoms with Gasteiger partial charge in [0, 0.05) is 37.1 Å². The van der Waals surface area contributed by atoms with Crippen LogP contribution in [0.4, 0.5) is 5.69 Å². The molecule has 2 aromatic rings. The summed E-state index contributed by atoms with van der Waals surface area (Å²) in [6, 6.07) is 5.96. The highest BCUT2D eigenvalue weighted by Crippen LogP contribution is 2.22. The van der Waals surface area contributed by atoms with Crippen LogP contribution in [-0.4, -0.2) is 46.8 Å². The maximum absolute atomic E-state index is 12.4. The number of carbonyl (C=O) groups excluding carboxylic acids is 1. The summed E-state index contributed by atoms with van der Waals surface area (Å²) in [5.41, 5.74) is 4.25. The third kappa shape index (κ3) is 4.27. The predicted molar refractivity (Wildman–Crippen MR) is 97.6 cm³/mol. The van der Waals surface area contributed by atoms with E-state index in [1.54, 1.807) is 0 Å². The zero-order valence-electron chi connectivity index (χ0n) is 15.2. The number of hydrogen-bond acceptors (Lipinski definition) is 4. The lowest BCUT2D eigenvalue weighted by Crippen LogP contribution is -2.42. The van der Waals surface area contributed by atoms with Crippen LogP contribution in [0.1, 0.15) is 29.7 Å². The number of nitrogens with one attached hydrogen (secondary N) is 1. The molecule has 0 bridgehead atoms. The Kier molecular flexibility index (Phi) is 5.50. The summed E-state index contributed by atoms with van der Waals surface area (Å²) < 4.78 is 7.75. The lowest BCUT2D eigenvalue weighted by atomic mass is 10.1. The average Bonchev–Trinajstić information content (AvgIpc) is 3.08.